The van der Waals surface area contributed by atoms with Crippen LogP contribution in [0.5, 0.6) is 5.75 Å². The van der Waals surface area contributed by atoms with E-state index in [4.69, 9.17) is 9.84 Å². The van der Waals surface area contributed by atoms with Crippen LogP contribution in [0.3, 0.4) is 0 Å². The first-order valence-electron chi connectivity index (χ1n) is 4.71. The number of benzene rings is 1. The van der Waals surface area contributed by atoms with E-state index in [9.17, 15) is 9.18 Å². The van der Waals surface area contributed by atoms with Gasteiger partial charge in [0.25, 0.3) is 0 Å². The summed E-state index contributed by atoms with van der Waals surface area (Å²) in [5.41, 5.74) is 0.363. The molecule has 0 radical (unpaired) electrons. The van der Waals surface area contributed by atoms with Crippen LogP contribution in [0.15, 0.2) is 16.6 Å². The Kier molecular flexibility index (Phi) is 4.29. The quantitative estimate of drug-likeness (QED) is 0.927. The summed E-state index contributed by atoms with van der Waals surface area (Å²) in [5, 5.41) is 8.75. The van der Waals surface area contributed by atoms with Crippen molar-refractivity contribution in [2.45, 2.75) is 13.3 Å². The number of carboxylic acids is 1. The number of aliphatic carboxylic acids is 1. The van der Waals surface area contributed by atoms with Gasteiger partial charge in [-0.25, -0.2) is 4.39 Å². The molecule has 0 aliphatic rings. The topological polar surface area (TPSA) is 46.5 Å². The minimum atomic E-state index is -0.939. The zero-order valence-corrected chi connectivity index (χ0v) is 10.5. The van der Waals surface area contributed by atoms with Crippen LogP contribution in [-0.4, -0.2) is 18.2 Å². The van der Waals surface area contributed by atoms with Gasteiger partial charge in [0.05, 0.1) is 17.5 Å². The zero-order chi connectivity index (χ0) is 12.3. The summed E-state index contributed by atoms with van der Waals surface area (Å²) >= 11 is 3.07. The molecule has 0 amide bonds. The SMILES string of the molecule is COc1ccc(CC(C)C(=O)O)c(F)c1Br. The van der Waals surface area contributed by atoms with Gasteiger partial charge in [-0.15, -0.1) is 0 Å². The molecule has 0 aliphatic heterocycles. The Balaban J connectivity index is 2.99. The molecular formula is C11H12BrFO3. The standard InChI is InChI=1S/C11H12BrFO3/c1-6(11(14)15)5-7-3-4-8(16-2)9(12)10(7)13/h3-4,6H,5H2,1-2H3,(H,14,15). The predicted octanol–water partition coefficient (Wildman–Crippen LogP) is 2.86. The predicted molar refractivity (Wildman–Crippen MR) is 61.2 cm³/mol. The summed E-state index contributed by atoms with van der Waals surface area (Å²) in [6.45, 7) is 1.54. The molecular weight excluding hydrogens is 279 g/mol. The Morgan fingerprint density at radius 3 is 2.75 bits per heavy atom. The maximum absolute atomic E-state index is 13.8. The second kappa shape index (κ2) is 5.30. The van der Waals surface area contributed by atoms with Crippen molar-refractivity contribution < 1.29 is 19.0 Å². The molecule has 0 heterocycles. The minimum Gasteiger partial charge on any atom is -0.495 e. The van der Waals surface area contributed by atoms with Crippen molar-refractivity contribution in [1.29, 1.82) is 0 Å². The van der Waals surface area contributed by atoms with E-state index in [0.29, 0.717) is 11.3 Å². The highest BCUT2D eigenvalue weighted by molar-refractivity contribution is 9.10. The molecule has 1 N–H and O–H groups in total. The lowest BCUT2D eigenvalue weighted by atomic mass is 10.0. The number of hydrogen-bond donors (Lipinski definition) is 1. The summed E-state index contributed by atoms with van der Waals surface area (Å²) in [5.74, 6) is -1.63. The van der Waals surface area contributed by atoms with Gasteiger partial charge in [0.2, 0.25) is 0 Å². The van der Waals surface area contributed by atoms with Crippen molar-refractivity contribution in [3.8, 4) is 5.75 Å². The molecule has 1 unspecified atom stereocenters. The first-order valence-corrected chi connectivity index (χ1v) is 5.50. The normalized spacial score (nSPS) is 12.2. The highest BCUT2D eigenvalue weighted by atomic mass is 79.9. The van der Waals surface area contributed by atoms with E-state index in [1.165, 1.54) is 7.11 Å². The third kappa shape index (κ3) is 2.72. The Hall–Kier alpha value is -1.10. The highest BCUT2D eigenvalue weighted by Gasteiger charge is 2.17. The largest absolute Gasteiger partial charge is 0.495 e. The van der Waals surface area contributed by atoms with Crippen LogP contribution >= 0.6 is 15.9 Å². The Morgan fingerprint density at radius 1 is 1.62 bits per heavy atom. The Labute approximate surface area is 101 Å². The number of hydrogen-bond acceptors (Lipinski definition) is 2. The van der Waals surface area contributed by atoms with Crippen LogP contribution in [-0.2, 0) is 11.2 Å². The van der Waals surface area contributed by atoms with Gasteiger partial charge in [0.15, 0.2) is 0 Å². The molecule has 16 heavy (non-hydrogen) atoms. The lowest BCUT2D eigenvalue weighted by Crippen LogP contribution is -2.13. The lowest BCUT2D eigenvalue weighted by Gasteiger charge is -2.10. The van der Waals surface area contributed by atoms with Gasteiger partial charge >= 0.3 is 5.97 Å². The van der Waals surface area contributed by atoms with Crippen molar-refractivity contribution in [2.24, 2.45) is 5.92 Å². The summed E-state index contributed by atoms with van der Waals surface area (Å²) in [4.78, 5) is 10.7. The van der Waals surface area contributed by atoms with Gasteiger partial charge in [-0.1, -0.05) is 13.0 Å². The van der Waals surface area contributed by atoms with Crippen LogP contribution in [0.4, 0.5) is 4.39 Å². The van der Waals surface area contributed by atoms with Crippen LogP contribution in [0.25, 0.3) is 0 Å². The maximum atomic E-state index is 13.8. The van der Waals surface area contributed by atoms with Crippen LogP contribution in [0.2, 0.25) is 0 Å². The van der Waals surface area contributed by atoms with Gasteiger partial charge in [-0.3, -0.25) is 4.79 Å². The fraction of sp³-hybridized carbons (Fsp3) is 0.364. The minimum absolute atomic E-state index is 0.157. The monoisotopic (exact) mass is 290 g/mol. The lowest BCUT2D eigenvalue weighted by molar-refractivity contribution is -0.141. The second-order valence-electron chi connectivity index (χ2n) is 3.50. The van der Waals surface area contributed by atoms with Crippen molar-refractivity contribution in [2.75, 3.05) is 7.11 Å². The van der Waals surface area contributed by atoms with E-state index >= 15 is 0 Å². The molecule has 88 valence electrons. The number of halogens is 2. The Bertz CT molecular complexity index is 406. The third-order valence-corrected chi connectivity index (χ3v) is 3.03. The summed E-state index contributed by atoms with van der Waals surface area (Å²) in [6.07, 6.45) is 0.157. The van der Waals surface area contributed by atoms with Gasteiger partial charge in [0, 0.05) is 0 Å². The molecule has 0 saturated carbocycles. The molecule has 0 bridgehead atoms. The zero-order valence-electron chi connectivity index (χ0n) is 8.96. The van der Waals surface area contributed by atoms with Gasteiger partial charge < -0.3 is 9.84 Å². The van der Waals surface area contributed by atoms with E-state index in [1.807, 2.05) is 0 Å². The van der Waals surface area contributed by atoms with Crippen molar-refractivity contribution in [3.63, 3.8) is 0 Å². The van der Waals surface area contributed by atoms with E-state index in [1.54, 1.807) is 19.1 Å². The van der Waals surface area contributed by atoms with E-state index in [2.05, 4.69) is 15.9 Å². The molecule has 0 saturated heterocycles. The average Bonchev–Trinajstić information content (AvgIpc) is 2.25. The number of carboxylic acid groups (broad SMARTS) is 1. The Morgan fingerprint density at radius 2 is 2.25 bits per heavy atom. The number of methoxy groups -OCH3 is 1. The van der Waals surface area contributed by atoms with Crippen LogP contribution in [0.1, 0.15) is 12.5 Å². The fourth-order valence-corrected chi connectivity index (χ4v) is 1.85. The molecule has 0 aliphatic carbocycles. The molecule has 3 nitrogen and oxygen atoms in total. The van der Waals surface area contributed by atoms with Gasteiger partial charge in [0.1, 0.15) is 11.6 Å². The summed E-state index contributed by atoms with van der Waals surface area (Å²) in [7, 11) is 1.44. The number of ether oxygens (including phenoxy) is 1. The molecule has 1 atom stereocenters. The molecule has 5 heteroatoms. The first kappa shape index (κ1) is 13.0. The average molecular weight is 291 g/mol. The second-order valence-corrected chi connectivity index (χ2v) is 4.29. The number of carbonyl (C=O) groups is 1. The molecule has 0 fully saturated rings. The molecule has 1 rings (SSSR count). The van der Waals surface area contributed by atoms with E-state index in [-0.39, 0.29) is 10.9 Å². The molecule has 0 spiro atoms. The summed E-state index contributed by atoms with van der Waals surface area (Å²) < 4.78 is 18.9. The summed E-state index contributed by atoms with van der Waals surface area (Å²) in [6, 6.07) is 3.15. The first-order chi connectivity index (χ1) is 7.47. The van der Waals surface area contributed by atoms with Gasteiger partial charge in [-0.05, 0) is 34.0 Å². The van der Waals surface area contributed by atoms with Crippen molar-refractivity contribution in [3.05, 3.63) is 28.0 Å². The number of rotatable bonds is 4. The third-order valence-electron chi connectivity index (χ3n) is 2.29. The van der Waals surface area contributed by atoms with Crippen LogP contribution < -0.4 is 4.74 Å². The van der Waals surface area contributed by atoms with Crippen LogP contribution in [0, 0.1) is 11.7 Å². The smallest absolute Gasteiger partial charge is 0.306 e. The van der Waals surface area contributed by atoms with E-state index in [0.717, 1.165) is 0 Å². The van der Waals surface area contributed by atoms with E-state index < -0.39 is 17.7 Å². The maximum Gasteiger partial charge on any atom is 0.306 e. The fourth-order valence-electron chi connectivity index (χ4n) is 1.30. The van der Waals surface area contributed by atoms with Crippen molar-refractivity contribution >= 4 is 21.9 Å². The molecule has 1 aromatic carbocycles. The highest BCUT2D eigenvalue weighted by Crippen LogP contribution is 2.30. The van der Waals surface area contributed by atoms with Gasteiger partial charge in [-0.2, -0.15) is 0 Å². The molecule has 0 aromatic heterocycles. The van der Waals surface area contributed by atoms with Crippen molar-refractivity contribution in [1.82, 2.24) is 0 Å². The molecule has 1 aromatic rings.